The maximum absolute atomic E-state index is 10.8. The first-order valence-corrected chi connectivity index (χ1v) is 7.64. The average molecular weight is 316 g/mol. The zero-order valence-corrected chi connectivity index (χ0v) is 13.0. The summed E-state index contributed by atoms with van der Waals surface area (Å²) in [4.78, 5) is 19.6. The third kappa shape index (κ3) is 3.97. The number of hydrogen-bond donors (Lipinski definition) is 2. The lowest BCUT2D eigenvalue weighted by Gasteiger charge is -2.28. The molecule has 0 radical (unpaired) electrons. The molecular weight excluding hydrogens is 296 g/mol. The first-order valence-electron chi connectivity index (χ1n) is 7.64. The van der Waals surface area contributed by atoms with Gasteiger partial charge in [0.05, 0.1) is 24.3 Å². The van der Waals surface area contributed by atoms with E-state index in [1.807, 2.05) is 13.2 Å². The van der Waals surface area contributed by atoms with E-state index in [1.54, 1.807) is 23.3 Å². The Balaban J connectivity index is 1.54. The molecule has 0 saturated heterocycles. The number of nitrogens with one attached hydrogen (secondary N) is 1. The Morgan fingerprint density at radius 3 is 2.61 bits per heavy atom. The van der Waals surface area contributed by atoms with E-state index in [9.17, 15) is 4.79 Å². The third-order valence-corrected chi connectivity index (χ3v) is 3.96. The van der Waals surface area contributed by atoms with Crippen LogP contribution in [-0.4, -0.2) is 38.0 Å². The zero-order chi connectivity index (χ0) is 16.2. The van der Waals surface area contributed by atoms with Crippen molar-refractivity contribution in [1.82, 2.24) is 19.7 Å². The van der Waals surface area contributed by atoms with Gasteiger partial charge in [-0.05, 0) is 25.7 Å². The van der Waals surface area contributed by atoms with Crippen LogP contribution < -0.4 is 11.1 Å². The first kappa shape index (κ1) is 15.3. The van der Waals surface area contributed by atoms with Gasteiger partial charge in [0.2, 0.25) is 0 Å². The number of nitrogens with two attached hydrogens (primary N) is 1. The molecule has 8 heteroatoms. The quantitative estimate of drug-likeness (QED) is 0.888. The van der Waals surface area contributed by atoms with Crippen LogP contribution in [0.1, 0.15) is 25.7 Å². The summed E-state index contributed by atoms with van der Waals surface area (Å²) >= 11 is 0. The maximum atomic E-state index is 10.8. The standard InChI is InChI=1S/C15H20N6O2/c1-21-9-10(6-19-21)13-7-18-14(8-17-13)20-11-2-4-12(5-3-11)23-15(16)22/h6-9,11-12H,2-5H2,1H3,(H2,16,22)(H,18,20). The average Bonchev–Trinajstić information content (AvgIpc) is 2.96. The first-order chi connectivity index (χ1) is 11.1. The number of ether oxygens (including phenoxy) is 1. The van der Waals surface area contributed by atoms with Crippen LogP contribution in [0.2, 0.25) is 0 Å². The molecule has 2 aromatic heterocycles. The molecule has 8 nitrogen and oxygen atoms in total. The number of carbonyl (C=O) groups excluding carboxylic acids is 1. The fraction of sp³-hybridized carbons (Fsp3) is 0.467. The topological polar surface area (TPSA) is 108 Å². The van der Waals surface area contributed by atoms with Gasteiger partial charge in [-0.15, -0.1) is 0 Å². The molecule has 0 bridgehead atoms. The van der Waals surface area contributed by atoms with E-state index in [0.29, 0.717) is 6.04 Å². The molecule has 1 aliphatic rings. The van der Waals surface area contributed by atoms with Gasteiger partial charge in [-0.1, -0.05) is 0 Å². The SMILES string of the molecule is Cn1cc(-c2cnc(NC3CCC(OC(N)=O)CC3)cn2)cn1. The van der Waals surface area contributed by atoms with Gasteiger partial charge in [0, 0.05) is 24.8 Å². The Kier molecular flexibility index (Phi) is 4.40. The Morgan fingerprint density at radius 2 is 2.04 bits per heavy atom. The minimum Gasteiger partial charge on any atom is -0.446 e. The van der Waals surface area contributed by atoms with E-state index in [2.05, 4.69) is 20.4 Å². The van der Waals surface area contributed by atoms with E-state index < -0.39 is 6.09 Å². The van der Waals surface area contributed by atoms with Crippen molar-refractivity contribution in [3.63, 3.8) is 0 Å². The summed E-state index contributed by atoms with van der Waals surface area (Å²) in [6, 6.07) is 0.307. The third-order valence-electron chi connectivity index (χ3n) is 3.96. The van der Waals surface area contributed by atoms with Gasteiger partial charge in [-0.3, -0.25) is 9.67 Å². The van der Waals surface area contributed by atoms with E-state index >= 15 is 0 Å². The number of primary amides is 1. The fourth-order valence-corrected chi connectivity index (χ4v) is 2.80. The summed E-state index contributed by atoms with van der Waals surface area (Å²) in [5.41, 5.74) is 6.78. The van der Waals surface area contributed by atoms with Gasteiger partial charge in [-0.25, -0.2) is 9.78 Å². The Labute approximate surface area is 134 Å². The number of hydrogen-bond acceptors (Lipinski definition) is 6. The van der Waals surface area contributed by atoms with E-state index in [0.717, 1.165) is 42.8 Å². The van der Waals surface area contributed by atoms with Crippen LogP contribution in [-0.2, 0) is 11.8 Å². The minimum absolute atomic E-state index is 0.0652. The lowest BCUT2D eigenvalue weighted by molar-refractivity contribution is 0.0805. The molecule has 23 heavy (non-hydrogen) atoms. The molecule has 3 N–H and O–H groups in total. The molecule has 0 aliphatic heterocycles. The molecule has 0 atom stereocenters. The van der Waals surface area contributed by atoms with Gasteiger partial charge < -0.3 is 15.8 Å². The highest BCUT2D eigenvalue weighted by Crippen LogP contribution is 2.24. The van der Waals surface area contributed by atoms with Crippen molar-refractivity contribution in [3.05, 3.63) is 24.8 Å². The number of rotatable bonds is 4. The Bertz CT molecular complexity index is 661. The highest BCUT2D eigenvalue weighted by molar-refractivity contribution is 5.64. The second-order valence-electron chi connectivity index (χ2n) is 5.74. The van der Waals surface area contributed by atoms with Crippen molar-refractivity contribution in [2.24, 2.45) is 12.8 Å². The molecule has 1 aliphatic carbocycles. The Morgan fingerprint density at radius 1 is 1.26 bits per heavy atom. The molecule has 1 saturated carbocycles. The number of aromatic nitrogens is 4. The van der Waals surface area contributed by atoms with Crippen molar-refractivity contribution in [2.45, 2.75) is 37.8 Å². The molecule has 3 rings (SSSR count). The van der Waals surface area contributed by atoms with Crippen LogP contribution >= 0.6 is 0 Å². The molecule has 1 fully saturated rings. The number of amides is 1. The summed E-state index contributed by atoms with van der Waals surface area (Å²) in [5, 5.41) is 7.50. The van der Waals surface area contributed by atoms with Crippen LogP contribution in [0.3, 0.4) is 0 Å². The predicted molar refractivity (Wildman–Crippen MR) is 84.6 cm³/mol. The number of aryl methyl sites for hydroxylation is 1. The van der Waals surface area contributed by atoms with E-state index in [-0.39, 0.29) is 6.10 Å². The van der Waals surface area contributed by atoms with E-state index in [4.69, 9.17) is 10.5 Å². The van der Waals surface area contributed by atoms with E-state index in [1.165, 1.54) is 0 Å². The highest BCUT2D eigenvalue weighted by Gasteiger charge is 2.23. The Hall–Kier alpha value is -2.64. The van der Waals surface area contributed by atoms with Crippen LogP contribution in [0.15, 0.2) is 24.8 Å². The van der Waals surface area contributed by atoms with Crippen molar-refractivity contribution in [2.75, 3.05) is 5.32 Å². The highest BCUT2D eigenvalue weighted by atomic mass is 16.6. The molecule has 0 unspecified atom stereocenters. The van der Waals surface area contributed by atoms with Gasteiger partial charge in [0.25, 0.3) is 0 Å². The molecule has 1 amide bonds. The summed E-state index contributed by atoms with van der Waals surface area (Å²) in [7, 11) is 1.87. The van der Waals surface area contributed by atoms with Gasteiger partial charge in [0.15, 0.2) is 0 Å². The lowest BCUT2D eigenvalue weighted by atomic mass is 9.93. The molecule has 2 heterocycles. The normalized spacial score (nSPS) is 20.9. The van der Waals surface area contributed by atoms with Crippen LogP contribution in [0.4, 0.5) is 10.6 Å². The fourth-order valence-electron chi connectivity index (χ4n) is 2.80. The van der Waals surface area contributed by atoms with Gasteiger partial charge >= 0.3 is 6.09 Å². The number of carbonyl (C=O) groups is 1. The monoisotopic (exact) mass is 316 g/mol. The molecule has 0 aromatic carbocycles. The summed E-state index contributed by atoms with van der Waals surface area (Å²) < 4.78 is 6.76. The predicted octanol–water partition coefficient (Wildman–Crippen LogP) is 1.70. The van der Waals surface area contributed by atoms with Crippen molar-refractivity contribution in [3.8, 4) is 11.3 Å². The largest absolute Gasteiger partial charge is 0.446 e. The van der Waals surface area contributed by atoms with Gasteiger partial charge in [0.1, 0.15) is 11.9 Å². The zero-order valence-electron chi connectivity index (χ0n) is 13.0. The summed E-state index contributed by atoms with van der Waals surface area (Å²) in [6.45, 7) is 0. The van der Waals surface area contributed by atoms with Gasteiger partial charge in [-0.2, -0.15) is 5.10 Å². The molecular formula is C15H20N6O2. The maximum Gasteiger partial charge on any atom is 0.404 e. The van der Waals surface area contributed by atoms with Crippen LogP contribution in [0, 0.1) is 0 Å². The molecule has 122 valence electrons. The van der Waals surface area contributed by atoms with Crippen LogP contribution in [0.25, 0.3) is 11.3 Å². The lowest BCUT2D eigenvalue weighted by Crippen LogP contribution is -2.32. The summed E-state index contributed by atoms with van der Waals surface area (Å²) in [5.74, 6) is 0.747. The second kappa shape index (κ2) is 6.64. The minimum atomic E-state index is -0.696. The number of anilines is 1. The van der Waals surface area contributed by atoms with Crippen molar-refractivity contribution in [1.29, 1.82) is 0 Å². The smallest absolute Gasteiger partial charge is 0.404 e. The van der Waals surface area contributed by atoms with Crippen molar-refractivity contribution >= 4 is 11.9 Å². The molecule has 2 aromatic rings. The summed E-state index contributed by atoms with van der Waals surface area (Å²) in [6.07, 6.45) is 9.80. The number of nitrogens with zero attached hydrogens (tertiary/aromatic N) is 4. The van der Waals surface area contributed by atoms with Crippen LogP contribution in [0.5, 0.6) is 0 Å². The second-order valence-corrected chi connectivity index (χ2v) is 5.74. The van der Waals surface area contributed by atoms with Crippen molar-refractivity contribution < 1.29 is 9.53 Å². The molecule has 0 spiro atoms.